The Balaban J connectivity index is 2.01. The normalized spacial score (nSPS) is 26.1. The molecule has 2 aliphatic rings. The van der Waals surface area contributed by atoms with E-state index in [4.69, 9.17) is 4.74 Å². The van der Waals surface area contributed by atoms with E-state index in [1.165, 1.54) is 0 Å². The maximum absolute atomic E-state index is 12.6. The highest BCUT2D eigenvalue weighted by Crippen LogP contribution is 2.42. The molecule has 0 radical (unpaired) electrons. The van der Waals surface area contributed by atoms with Crippen molar-refractivity contribution in [1.29, 1.82) is 0 Å². The van der Waals surface area contributed by atoms with Crippen LogP contribution in [0.3, 0.4) is 0 Å². The summed E-state index contributed by atoms with van der Waals surface area (Å²) >= 11 is 0. The smallest absolute Gasteiger partial charge is 0.303 e. The van der Waals surface area contributed by atoms with Crippen molar-refractivity contribution in [1.82, 2.24) is 4.90 Å². The molecule has 0 bridgehead atoms. The zero-order valence-electron chi connectivity index (χ0n) is 13.0. The lowest BCUT2D eigenvalue weighted by molar-refractivity contribution is -0.142. The van der Waals surface area contributed by atoms with E-state index in [2.05, 4.69) is 0 Å². The number of amides is 1. The lowest BCUT2D eigenvalue weighted by Gasteiger charge is -2.37. The number of nitrogens with zero attached hydrogens (tertiary/aromatic N) is 1. The number of rotatable bonds is 4. The fourth-order valence-electron chi connectivity index (χ4n) is 3.69. The highest BCUT2D eigenvalue weighted by Gasteiger charge is 2.37. The largest absolute Gasteiger partial charge is 0.481 e. The summed E-state index contributed by atoms with van der Waals surface area (Å²) in [7, 11) is 0. The molecule has 0 aromatic carbocycles. The molecule has 1 saturated heterocycles. The number of carboxylic acid groups (broad SMARTS) is 1. The first-order valence-corrected chi connectivity index (χ1v) is 8.12. The highest BCUT2D eigenvalue weighted by atomic mass is 16.5. The first-order valence-electron chi connectivity index (χ1n) is 8.12. The van der Waals surface area contributed by atoms with Crippen molar-refractivity contribution in [2.24, 2.45) is 5.41 Å². The quantitative estimate of drug-likeness (QED) is 0.865. The van der Waals surface area contributed by atoms with Crippen molar-refractivity contribution in [3.05, 3.63) is 0 Å². The average Bonchev–Trinajstić information content (AvgIpc) is 2.63. The third-order valence-corrected chi connectivity index (χ3v) is 4.77. The molecule has 120 valence electrons. The highest BCUT2D eigenvalue weighted by molar-refractivity contribution is 5.78. The molecule has 1 aliphatic carbocycles. The molecule has 1 atom stereocenters. The van der Waals surface area contributed by atoms with E-state index < -0.39 is 5.97 Å². The minimum absolute atomic E-state index is 0.0678. The van der Waals surface area contributed by atoms with Gasteiger partial charge in [0.05, 0.1) is 12.5 Å². The molecule has 1 unspecified atom stereocenters. The molecule has 21 heavy (non-hydrogen) atoms. The van der Waals surface area contributed by atoms with Crippen molar-refractivity contribution < 1.29 is 19.4 Å². The summed E-state index contributed by atoms with van der Waals surface area (Å²) in [5.74, 6) is -0.673. The van der Waals surface area contributed by atoms with Gasteiger partial charge in [-0.05, 0) is 31.6 Å². The second kappa shape index (κ2) is 7.25. The Morgan fingerprint density at radius 1 is 1.19 bits per heavy atom. The summed E-state index contributed by atoms with van der Waals surface area (Å²) in [4.78, 5) is 25.7. The van der Waals surface area contributed by atoms with Gasteiger partial charge in [-0.1, -0.05) is 19.3 Å². The number of carbonyl (C=O) groups excluding carboxylic acids is 1. The molecule has 5 heteroatoms. The zero-order chi connectivity index (χ0) is 15.3. The average molecular weight is 297 g/mol. The molecule has 0 spiro atoms. The lowest BCUT2D eigenvalue weighted by atomic mass is 9.69. The molecular formula is C16H27NO4. The molecule has 2 rings (SSSR count). The predicted molar refractivity (Wildman–Crippen MR) is 79.0 cm³/mol. The maximum Gasteiger partial charge on any atom is 0.303 e. The number of ether oxygens (including phenoxy) is 1. The summed E-state index contributed by atoms with van der Waals surface area (Å²) < 4.78 is 5.57. The van der Waals surface area contributed by atoms with E-state index in [9.17, 15) is 14.7 Å². The minimum atomic E-state index is -0.780. The van der Waals surface area contributed by atoms with Gasteiger partial charge in [-0.2, -0.15) is 0 Å². The molecule has 0 aromatic heterocycles. The molecule has 5 nitrogen and oxygen atoms in total. The van der Waals surface area contributed by atoms with Crippen LogP contribution in [0.5, 0.6) is 0 Å². The zero-order valence-corrected chi connectivity index (χ0v) is 13.0. The van der Waals surface area contributed by atoms with Crippen LogP contribution in [0.15, 0.2) is 0 Å². The topological polar surface area (TPSA) is 66.8 Å². The van der Waals surface area contributed by atoms with Gasteiger partial charge in [0.25, 0.3) is 0 Å². The van der Waals surface area contributed by atoms with Crippen molar-refractivity contribution in [2.45, 2.75) is 64.4 Å². The Morgan fingerprint density at radius 3 is 2.57 bits per heavy atom. The third kappa shape index (κ3) is 4.70. The van der Waals surface area contributed by atoms with Gasteiger partial charge in [0, 0.05) is 26.1 Å². The lowest BCUT2D eigenvalue weighted by Crippen LogP contribution is -2.40. The Hall–Kier alpha value is -1.10. The standard InChI is InChI=1S/C16H27NO4/c1-13-12-17(8-5-9-21-13)14(18)10-16(11-15(19)20)6-3-2-4-7-16/h13H,2-12H2,1H3,(H,19,20). The number of hydrogen-bond donors (Lipinski definition) is 1. The molecule has 2 fully saturated rings. The van der Waals surface area contributed by atoms with Crippen LogP contribution in [0.4, 0.5) is 0 Å². The first-order chi connectivity index (χ1) is 10.0. The molecule has 1 amide bonds. The van der Waals surface area contributed by atoms with Gasteiger partial charge in [-0.25, -0.2) is 0 Å². The summed E-state index contributed by atoms with van der Waals surface area (Å²) in [6, 6.07) is 0. The first kappa shape index (κ1) is 16.3. The second-order valence-electron chi connectivity index (χ2n) is 6.68. The monoisotopic (exact) mass is 297 g/mol. The van der Waals surface area contributed by atoms with Crippen LogP contribution in [0.25, 0.3) is 0 Å². The van der Waals surface area contributed by atoms with Crippen LogP contribution < -0.4 is 0 Å². The van der Waals surface area contributed by atoms with Crippen molar-refractivity contribution >= 4 is 11.9 Å². The molecule has 1 saturated carbocycles. The fourth-order valence-corrected chi connectivity index (χ4v) is 3.69. The van der Waals surface area contributed by atoms with Gasteiger partial charge < -0.3 is 14.7 Å². The number of hydrogen-bond acceptors (Lipinski definition) is 3. The van der Waals surface area contributed by atoms with E-state index in [1.807, 2.05) is 11.8 Å². The molecule has 1 heterocycles. The van der Waals surface area contributed by atoms with Gasteiger partial charge in [-0.15, -0.1) is 0 Å². The van der Waals surface area contributed by atoms with E-state index >= 15 is 0 Å². The van der Waals surface area contributed by atoms with Gasteiger partial charge in [0.15, 0.2) is 0 Å². The van der Waals surface area contributed by atoms with Gasteiger partial charge in [0.1, 0.15) is 0 Å². The number of carboxylic acids is 1. The maximum atomic E-state index is 12.6. The van der Waals surface area contributed by atoms with Crippen molar-refractivity contribution in [2.75, 3.05) is 19.7 Å². The fraction of sp³-hybridized carbons (Fsp3) is 0.875. The van der Waals surface area contributed by atoms with Crippen molar-refractivity contribution in [3.63, 3.8) is 0 Å². The Labute approximate surface area is 126 Å². The Morgan fingerprint density at radius 2 is 1.90 bits per heavy atom. The SMILES string of the molecule is CC1CN(C(=O)CC2(CC(=O)O)CCCCC2)CCCO1. The van der Waals surface area contributed by atoms with Crippen LogP contribution in [0, 0.1) is 5.41 Å². The third-order valence-electron chi connectivity index (χ3n) is 4.77. The number of aliphatic carboxylic acids is 1. The number of carbonyl (C=O) groups is 2. The van der Waals surface area contributed by atoms with Crippen LogP contribution in [-0.2, 0) is 14.3 Å². The molecule has 0 aromatic rings. The minimum Gasteiger partial charge on any atom is -0.481 e. The summed E-state index contributed by atoms with van der Waals surface area (Å²) in [6.07, 6.45) is 6.41. The molecule has 1 N–H and O–H groups in total. The van der Waals surface area contributed by atoms with Crippen LogP contribution in [0.2, 0.25) is 0 Å². The second-order valence-corrected chi connectivity index (χ2v) is 6.68. The van der Waals surface area contributed by atoms with E-state index in [0.717, 1.165) is 45.1 Å². The van der Waals surface area contributed by atoms with E-state index in [-0.39, 0.29) is 23.8 Å². The van der Waals surface area contributed by atoms with Crippen molar-refractivity contribution in [3.8, 4) is 0 Å². The van der Waals surface area contributed by atoms with Crippen LogP contribution in [-0.4, -0.2) is 47.7 Å². The van der Waals surface area contributed by atoms with E-state index in [0.29, 0.717) is 19.6 Å². The van der Waals surface area contributed by atoms with Gasteiger partial charge in [-0.3, -0.25) is 9.59 Å². The van der Waals surface area contributed by atoms with Crippen LogP contribution >= 0.6 is 0 Å². The Kier molecular flexibility index (Phi) is 5.62. The van der Waals surface area contributed by atoms with Crippen LogP contribution in [0.1, 0.15) is 58.3 Å². The summed E-state index contributed by atoms with van der Waals surface area (Å²) in [5.41, 5.74) is -0.322. The summed E-state index contributed by atoms with van der Waals surface area (Å²) in [5, 5.41) is 9.20. The Bertz CT molecular complexity index is 376. The predicted octanol–water partition coefficient (Wildman–Crippen LogP) is 2.44. The molecule has 1 aliphatic heterocycles. The van der Waals surface area contributed by atoms with Gasteiger partial charge >= 0.3 is 5.97 Å². The van der Waals surface area contributed by atoms with Gasteiger partial charge in [0.2, 0.25) is 5.91 Å². The summed E-state index contributed by atoms with van der Waals surface area (Å²) in [6.45, 7) is 4.04. The molecular weight excluding hydrogens is 270 g/mol. The van der Waals surface area contributed by atoms with E-state index in [1.54, 1.807) is 0 Å².